The van der Waals surface area contributed by atoms with Crippen LogP contribution in [0, 0.1) is 13.8 Å². The van der Waals surface area contributed by atoms with Gasteiger partial charge in [-0.15, -0.1) is 0 Å². The SMILES string of the molecule is CCOc1ccc(-n2c(C)cc(/C=N/NC(=O)c3ccccc3O)c2C)cc1. The molecule has 1 aromatic heterocycles. The Bertz CT molecular complexity index is 1000. The molecule has 0 aliphatic carbocycles. The molecule has 0 radical (unpaired) electrons. The Hall–Kier alpha value is -3.54. The predicted molar refractivity (Wildman–Crippen MR) is 110 cm³/mol. The molecule has 0 unspecified atom stereocenters. The van der Waals surface area contributed by atoms with Crippen molar-refractivity contribution in [2.45, 2.75) is 20.8 Å². The molecule has 0 aliphatic heterocycles. The summed E-state index contributed by atoms with van der Waals surface area (Å²) in [5.74, 6) is 0.293. The van der Waals surface area contributed by atoms with Crippen molar-refractivity contribution in [3.63, 3.8) is 0 Å². The molecule has 0 bridgehead atoms. The molecule has 2 N–H and O–H groups in total. The van der Waals surface area contributed by atoms with Gasteiger partial charge in [0.05, 0.1) is 18.4 Å². The molecule has 3 rings (SSSR count). The minimum atomic E-state index is -0.463. The number of aryl methyl sites for hydroxylation is 1. The Morgan fingerprint density at radius 2 is 1.89 bits per heavy atom. The first-order chi connectivity index (χ1) is 13.5. The smallest absolute Gasteiger partial charge is 0.275 e. The van der Waals surface area contributed by atoms with E-state index in [1.807, 2.05) is 51.1 Å². The molecule has 2 aromatic carbocycles. The van der Waals surface area contributed by atoms with Crippen molar-refractivity contribution in [2.24, 2.45) is 5.10 Å². The Morgan fingerprint density at radius 3 is 2.57 bits per heavy atom. The molecule has 0 atom stereocenters. The molecule has 28 heavy (non-hydrogen) atoms. The third-order valence-electron chi connectivity index (χ3n) is 4.39. The van der Waals surface area contributed by atoms with Crippen LogP contribution in [0.25, 0.3) is 5.69 Å². The third-order valence-corrected chi connectivity index (χ3v) is 4.39. The lowest BCUT2D eigenvalue weighted by Crippen LogP contribution is -2.17. The molecule has 6 heteroatoms. The summed E-state index contributed by atoms with van der Waals surface area (Å²) in [6, 6.07) is 16.2. The van der Waals surface area contributed by atoms with Crippen molar-refractivity contribution >= 4 is 12.1 Å². The maximum Gasteiger partial charge on any atom is 0.275 e. The van der Waals surface area contributed by atoms with Gasteiger partial charge in [-0.05, 0) is 63.2 Å². The standard InChI is InChI=1S/C22H23N3O3/c1-4-28-19-11-9-18(10-12-19)25-15(2)13-17(16(25)3)14-23-24-22(27)20-7-5-6-8-21(20)26/h5-14,26H,4H2,1-3H3,(H,24,27)/b23-14+. The molecule has 0 aliphatic rings. The van der Waals surface area contributed by atoms with Crippen molar-refractivity contribution < 1.29 is 14.6 Å². The van der Waals surface area contributed by atoms with E-state index in [0.29, 0.717) is 6.61 Å². The summed E-state index contributed by atoms with van der Waals surface area (Å²) in [6.07, 6.45) is 1.60. The molecule has 1 amide bonds. The average molecular weight is 377 g/mol. The Labute approximate surface area is 164 Å². The molecular formula is C22H23N3O3. The zero-order valence-electron chi connectivity index (χ0n) is 16.1. The fourth-order valence-corrected chi connectivity index (χ4v) is 3.06. The van der Waals surface area contributed by atoms with Gasteiger partial charge in [0.15, 0.2) is 0 Å². The van der Waals surface area contributed by atoms with Crippen molar-refractivity contribution in [3.8, 4) is 17.2 Å². The first kappa shape index (κ1) is 19.2. The largest absolute Gasteiger partial charge is 0.507 e. The fraction of sp³-hybridized carbons (Fsp3) is 0.182. The number of phenolic OH excluding ortho intramolecular Hbond substituents is 1. The Morgan fingerprint density at radius 1 is 1.18 bits per heavy atom. The second-order valence-corrected chi connectivity index (χ2v) is 6.31. The van der Waals surface area contributed by atoms with Crippen LogP contribution in [-0.4, -0.2) is 28.4 Å². The van der Waals surface area contributed by atoms with E-state index in [4.69, 9.17) is 4.74 Å². The van der Waals surface area contributed by atoms with Gasteiger partial charge < -0.3 is 14.4 Å². The van der Waals surface area contributed by atoms with Crippen molar-refractivity contribution in [2.75, 3.05) is 6.61 Å². The van der Waals surface area contributed by atoms with Gasteiger partial charge in [0.1, 0.15) is 11.5 Å². The van der Waals surface area contributed by atoms with Gasteiger partial charge >= 0.3 is 0 Å². The number of hydrogen-bond donors (Lipinski definition) is 2. The molecule has 0 fully saturated rings. The summed E-state index contributed by atoms with van der Waals surface area (Å²) in [4.78, 5) is 12.1. The Balaban J connectivity index is 1.77. The zero-order chi connectivity index (χ0) is 20.1. The van der Waals surface area contributed by atoms with Crippen molar-refractivity contribution in [1.82, 2.24) is 9.99 Å². The third kappa shape index (κ3) is 4.06. The van der Waals surface area contributed by atoms with E-state index < -0.39 is 5.91 Å². The van der Waals surface area contributed by atoms with E-state index in [1.54, 1.807) is 18.3 Å². The molecular weight excluding hydrogens is 354 g/mol. The number of para-hydroxylation sites is 1. The first-order valence-electron chi connectivity index (χ1n) is 9.05. The highest BCUT2D eigenvalue weighted by Gasteiger charge is 2.11. The summed E-state index contributed by atoms with van der Waals surface area (Å²) in [6.45, 7) is 6.60. The van der Waals surface area contributed by atoms with Crippen molar-refractivity contribution in [3.05, 3.63) is 77.1 Å². The van der Waals surface area contributed by atoms with Crippen LogP contribution in [0.1, 0.15) is 34.2 Å². The van der Waals surface area contributed by atoms with E-state index in [2.05, 4.69) is 15.1 Å². The second-order valence-electron chi connectivity index (χ2n) is 6.31. The van der Waals surface area contributed by atoms with Crippen LogP contribution in [0.15, 0.2) is 59.7 Å². The van der Waals surface area contributed by atoms with Crippen molar-refractivity contribution in [1.29, 1.82) is 0 Å². The van der Waals surface area contributed by atoms with Crippen LogP contribution < -0.4 is 10.2 Å². The number of phenols is 1. The topological polar surface area (TPSA) is 75.8 Å². The van der Waals surface area contributed by atoms with Gasteiger partial charge in [0, 0.05) is 22.6 Å². The fourth-order valence-electron chi connectivity index (χ4n) is 3.06. The summed E-state index contributed by atoms with van der Waals surface area (Å²) in [7, 11) is 0. The number of hydrogen-bond acceptors (Lipinski definition) is 4. The van der Waals surface area contributed by atoms with E-state index in [1.165, 1.54) is 12.1 Å². The number of carbonyl (C=O) groups excluding carboxylic acids is 1. The minimum Gasteiger partial charge on any atom is -0.507 e. The quantitative estimate of drug-likeness (QED) is 0.504. The normalized spacial score (nSPS) is 11.0. The number of carbonyl (C=O) groups is 1. The van der Waals surface area contributed by atoms with E-state index in [0.717, 1.165) is 28.4 Å². The predicted octanol–water partition coefficient (Wildman–Crippen LogP) is 3.96. The van der Waals surface area contributed by atoms with Gasteiger partial charge in [-0.3, -0.25) is 4.79 Å². The number of benzene rings is 2. The maximum atomic E-state index is 12.1. The van der Waals surface area contributed by atoms with Gasteiger partial charge in [-0.25, -0.2) is 5.43 Å². The van der Waals surface area contributed by atoms with Gasteiger partial charge in [0.2, 0.25) is 0 Å². The average Bonchev–Trinajstić information content (AvgIpc) is 2.96. The lowest BCUT2D eigenvalue weighted by atomic mass is 10.2. The van der Waals surface area contributed by atoms with E-state index >= 15 is 0 Å². The number of rotatable bonds is 6. The molecule has 0 spiro atoms. The number of nitrogens with one attached hydrogen (secondary N) is 1. The van der Waals surface area contributed by atoms with E-state index in [-0.39, 0.29) is 11.3 Å². The monoisotopic (exact) mass is 377 g/mol. The van der Waals surface area contributed by atoms with E-state index in [9.17, 15) is 9.90 Å². The highest BCUT2D eigenvalue weighted by atomic mass is 16.5. The number of ether oxygens (including phenoxy) is 1. The summed E-state index contributed by atoms with van der Waals surface area (Å²) < 4.78 is 7.61. The molecule has 6 nitrogen and oxygen atoms in total. The lowest BCUT2D eigenvalue weighted by Gasteiger charge is -2.11. The highest BCUT2D eigenvalue weighted by molar-refractivity contribution is 5.97. The summed E-state index contributed by atoms with van der Waals surface area (Å²) in [5, 5.41) is 13.8. The van der Waals surface area contributed by atoms with Crippen LogP contribution in [0.4, 0.5) is 0 Å². The summed E-state index contributed by atoms with van der Waals surface area (Å²) in [5.41, 5.74) is 6.60. The number of amides is 1. The molecule has 0 saturated heterocycles. The van der Waals surface area contributed by atoms with Gasteiger partial charge in [0.25, 0.3) is 5.91 Å². The Kier molecular flexibility index (Phi) is 5.79. The molecule has 0 saturated carbocycles. The molecule has 144 valence electrons. The lowest BCUT2D eigenvalue weighted by molar-refractivity contribution is 0.0952. The number of nitrogens with zero attached hydrogens (tertiary/aromatic N) is 2. The van der Waals surface area contributed by atoms with Gasteiger partial charge in [-0.2, -0.15) is 5.10 Å². The van der Waals surface area contributed by atoms with Crippen LogP contribution >= 0.6 is 0 Å². The number of aromatic nitrogens is 1. The maximum absolute atomic E-state index is 12.1. The number of aromatic hydroxyl groups is 1. The minimum absolute atomic E-state index is 0.0797. The first-order valence-corrected chi connectivity index (χ1v) is 9.05. The molecule has 1 heterocycles. The van der Waals surface area contributed by atoms with Crippen LogP contribution in [-0.2, 0) is 0 Å². The van der Waals surface area contributed by atoms with Crippen LogP contribution in [0.5, 0.6) is 11.5 Å². The highest BCUT2D eigenvalue weighted by Crippen LogP contribution is 2.22. The number of hydrazone groups is 1. The van der Waals surface area contributed by atoms with Gasteiger partial charge in [-0.1, -0.05) is 12.1 Å². The molecule has 3 aromatic rings. The second kappa shape index (κ2) is 8.43. The van der Waals surface area contributed by atoms with Crippen LogP contribution in [0.2, 0.25) is 0 Å². The summed E-state index contributed by atoms with van der Waals surface area (Å²) >= 11 is 0. The van der Waals surface area contributed by atoms with Crippen LogP contribution in [0.3, 0.4) is 0 Å². The zero-order valence-corrected chi connectivity index (χ0v) is 16.1.